The number of alkyl halides is 3. The standard InChI is InChI=1S/C28H26F5N3O3/c29-20-13-21(30)15-22(14-20)36-16-23(26(35-36)28(31,32)33)27(39)34-12-4-7-24(37)17-8-10-19(11-9-17)25(38)18-5-2-1-3-6-18/h1-3,5-6,13-17,19H,4,7-12H2,(H,34,39). The molecular formula is C28H26F5N3O3. The Morgan fingerprint density at radius 1 is 0.923 bits per heavy atom. The van der Waals surface area contributed by atoms with Crippen LogP contribution in [0.15, 0.2) is 54.7 Å². The van der Waals surface area contributed by atoms with Gasteiger partial charge in [0.25, 0.3) is 5.91 Å². The minimum Gasteiger partial charge on any atom is -0.352 e. The van der Waals surface area contributed by atoms with Gasteiger partial charge < -0.3 is 5.32 Å². The maximum Gasteiger partial charge on any atom is 0.435 e. The first kappa shape index (κ1) is 28.1. The number of nitrogens with zero attached hydrogens (tertiary/aromatic N) is 2. The second-order valence-corrected chi connectivity index (χ2v) is 9.57. The zero-order chi connectivity index (χ0) is 28.2. The summed E-state index contributed by atoms with van der Waals surface area (Å²) in [5.41, 5.74) is -1.96. The smallest absolute Gasteiger partial charge is 0.352 e. The van der Waals surface area contributed by atoms with Crippen molar-refractivity contribution in [1.82, 2.24) is 15.1 Å². The van der Waals surface area contributed by atoms with Crippen molar-refractivity contribution in [2.75, 3.05) is 6.54 Å². The number of ketones is 2. The third-order valence-corrected chi connectivity index (χ3v) is 6.84. The number of nitrogens with one attached hydrogen (secondary N) is 1. The van der Waals surface area contributed by atoms with Crippen LogP contribution >= 0.6 is 0 Å². The molecule has 0 spiro atoms. The minimum absolute atomic E-state index is 0.00760. The molecule has 11 heteroatoms. The second-order valence-electron chi connectivity index (χ2n) is 9.57. The molecule has 1 fully saturated rings. The molecule has 1 aliphatic carbocycles. The van der Waals surface area contributed by atoms with E-state index in [9.17, 15) is 36.3 Å². The number of hydrogen-bond donors (Lipinski definition) is 1. The summed E-state index contributed by atoms with van der Waals surface area (Å²) in [4.78, 5) is 37.8. The summed E-state index contributed by atoms with van der Waals surface area (Å²) in [6, 6.07) is 11.1. The van der Waals surface area contributed by atoms with E-state index in [1.165, 1.54) is 0 Å². The first-order valence-corrected chi connectivity index (χ1v) is 12.6. The number of halogens is 5. The van der Waals surface area contributed by atoms with Crippen molar-refractivity contribution in [3.8, 4) is 5.69 Å². The van der Waals surface area contributed by atoms with Crippen LogP contribution in [-0.4, -0.2) is 33.8 Å². The third kappa shape index (κ3) is 6.96. The van der Waals surface area contributed by atoms with E-state index in [0.717, 1.165) is 18.3 Å². The Kier molecular flexibility index (Phi) is 8.57. The van der Waals surface area contributed by atoms with E-state index < -0.39 is 35.0 Å². The van der Waals surface area contributed by atoms with Crippen LogP contribution in [0.1, 0.15) is 64.9 Å². The Hall–Kier alpha value is -3.89. The summed E-state index contributed by atoms with van der Waals surface area (Å²) in [7, 11) is 0. The molecule has 0 atom stereocenters. The van der Waals surface area contributed by atoms with E-state index in [1.54, 1.807) is 12.1 Å². The van der Waals surface area contributed by atoms with E-state index in [0.29, 0.717) is 42.0 Å². The monoisotopic (exact) mass is 547 g/mol. The fourth-order valence-electron chi connectivity index (χ4n) is 4.83. The van der Waals surface area contributed by atoms with Gasteiger partial charge in [0, 0.05) is 42.6 Å². The highest BCUT2D eigenvalue weighted by molar-refractivity contribution is 5.98. The molecule has 2 aromatic carbocycles. The average Bonchev–Trinajstić information content (AvgIpc) is 3.37. The van der Waals surface area contributed by atoms with Gasteiger partial charge in [0.05, 0.1) is 11.3 Å². The van der Waals surface area contributed by atoms with E-state index in [1.807, 2.05) is 18.2 Å². The van der Waals surface area contributed by atoms with Gasteiger partial charge in [-0.15, -0.1) is 0 Å². The first-order chi connectivity index (χ1) is 18.5. The number of benzene rings is 2. The maximum absolute atomic E-state index is 13.5. The number of aromatic nitrogens is 2. The summed E-state index contributed by atoms with van der Waals surface area (Å²) in [5, 5.41) is 5.69. The fourth-order valence-corrected chi connectivity index (χ4v) is 4.83. The van der Waals surface area contributed by atoms with E-state index in [-0.39, 0.29) is 48.5 Å². The van der Waals surface area contributed by atoms with Gasteiger partial charge in [-0.3, -0.25) is 14.4 Å². The topological polar surface area (TPSA) is 81.1 Å². The van der Waals surface area contributed by atoms with Crippen molar-refractivity contribution >= 4 is 17.5 Å². The maximum atomic E-state index is 13.5. The molecule has 1 aliphatic rings. The van der Waals surface area contributed by atoms with E-state index >= 15 is 0 Å². The quantitative estimate of drug-likeness (QED) is 0.204. The number of amides is 1. The van der Waals surface area contributed by atoms with Crippen LogP contribution in [-0.2, 0) is 11.0 Å². The molecule has 1 N–H and O–H groups in total. The first-order valence-electron chi connectivity index (χ1n) is 12.6. The van der Waals surface area contributed by atoms with Crippen molar-refractivity contribution in [3.63, 3.8) is 0 Å². The fraction of sp³-hybridized carbons (Fsp3) is 0.357. The van der Waals surface area contributed by atoms with Crippen LogP contribution in [0.25, 0.3) is 5.69 Å². The number of hydrogen-bond acceptors (Lipinski definition) is 4. The van der Waals surface area contributed by atoms with Gasteiger partial charge in [0.15, 0.2) is 11.5 Å². The van der Waals surface area contributed by atoms with Gasteiger partial charge in [-0.05, 0) is 44.2 Å². The predicted molar refractivity (Wildman–Crippen MR) is 131 cm³/mol. The molecule has 4 rings (SSSR count). The molecule has 0 radical (unpaired) electrons. The Balaban J connectivity index is 1.29. The molecule has 206 valence electrons. The molecule has 3 aromatic rings. The predicted octanol–water partition coefficient (Wildman–Crippen LogP) is 5.94. The Labute approximate surface area is 221 Å². The minimum atomic E-state index is -4.99. The molecule has 1 saturated carbocycles. The molecule has 1 amide bonds. The largest absolute Gasteiger partial charge is 0.435 e. The average molecular weight is 548 g/mol. The van der Waals surface area contributed by atoms with Crippen LogP contribution in [0.5, 0.6) is 0 Å². The van der Waals surface area contributed by atoms with Crippen LogP contribution < -0.4 is 5.32 Å². The summed E-state index contributed by atoms with van der Waals surface area (Å²) < 4.78 is 68.1. The molecule has 0 aliphatic heterocycles. The lowest BCUT2D eigenvalue weighted by molar-refractivity contribution is -0.141. The zero-order valence-electron chi connectivity index (χ0n) is 20.8. The van der Waals surface area contributed by atoms with Crippen molar-refractivity contribution in [3.05, 3.63) is 83.2 Å². The van der Waals surface area contributed by atoms with Gasteiger partial charge >= 0.3 is 6.18 Å². The molecule has 1 aromatic heterocycles. The highest BCUT2D eigenvalue weighted by Gasteiger charge is 2.39. The van der Waals surface area contributed by atoms with Gasteiger partial charge in [-0.25, -0.2) is 13.5 Å². The second kappa shape index (κ2) is 11.9. The van der Waals surface area contributed by atoms with Gasteiger partial charge in [0.1, 0.15) is 17.4 Å². The highest BCUT2D eigenvalue weighted by Crippen LogP contribution is 2.33. The van der Waals surface area contributed by atoms with Crippen molar-refractivity contribution < 1.29 is 36.3 Å². The number of rotatable bonds is 9. The Morgan fingerprint density at radius 3 is 2.15 bits per heavy atom. The van der Waals surface area contributed by atoms with Crippen molar-refractivity contribution in [2.24, 2.45) is 11.8 Å². The molecule has 1 heterocycles. The van der Waals surface area contributed by atoms with Crippen LogP contribution in [0.3, 0.4) is 0 Å². The van der Waals surface area contributed by atoms with Crippen molar-refractivity contribution in [1.29, 1.82) is 0 Å². The summed E-state index contributed by atoms with van der Waals surface area (Å²) in [6.07, 6.45) is -1.48. The summed E-state index contributed by atoms with van der Waals surface area (Å²) in [6.45, 7) is -0.0521. The zero-order valence-corrected chi connectivity index (χ0v) is 20.8. The molecule has 39 heavy (non-hydrogen) atoms. The van der Waals surface area contributed by atoms with Gasteiger partial charge in [-0.2, -0.15) is 18.3 Å². The summed E-state index contributed by atoms with van der Waals surface area (Å²) >= 11 is 0. The van der Waals surface area contributed by atoms with E-state index in [2.05, 4.69) is 10.4 Å². The Morgan fingerprint density at radius 2 is 1.54 bits per heavy atom. The SMILES string of the molecule is O=C(NCCCC(=O)C1CCC(C(=O)c2ccccc2)CC1)c1cn(-c2cc(F)cc(F)c2)nc1C(F)(F)F. The lowest BCUT2D eigenvalue weighted by Gasteiger charge is -2.26. The highest BCUT2D eigenvalue weighted by atomic mass is 19.4. The Bertz CT molecular complexity index is 1330. The summed E-state index contributed by atoms with van der Waals surface area (Å²) in [5.74, 6) is -3.34. The third-order valence-electron chi connectivity index (χ3n) is 6.84. The van der Waals surface area contributed by atoms with Gasteiger partial charge in [0.2, 0.25) is 0 Å². The molecule has 6 nitrogen and oxygen atoms in total. The van der Waals surface area contributed by atoms with Crippen molar-refractivity contribution in [2.45, 2.75) is 44.7 Å². The lowest BCUT2D eigenvalue weighted by Crippen LogP contribution is -2.28. The lowest BCUT2D eigenvalue weighted by atomic mass is 9.76. The van der Waals surface area contributed by atoms with E-state index in [4.69, 9.17) is 0 Å². The van der Waals surface area contributed by atoms with Crippen LogP contribution in [0, 0.1) is 23.5 Å². The molecule has 0 saturated heterocycles. The number of carbonyl (C=O) groups excluding carboxylic acids is 3. The van der Waals surface area contributed by atoms with Crippen LogP contribution in [0.2, 0.25) is 0 Å². The van der Waals surface area contributed by atoms with Gasteiger partial charge in [-0.1, -0.05) is 30.3 Å². The number of Topliss-reactive ketones (excluding diaryl/α,β-unsaturated/α-hetero) is 2. The molecule has 0 bridgehead atoms. The normalized spacial score (nSPS) is 17.6. The molecule has 0 unspecified atom stereocenters. The van der Waals surface area contributed by atoms with Crippen LogP contribution in [0.4, 0.5) is 22.0 Å². The number of carbonyl (C=O) groups is 3. The molecular weight excluding hydrogens is 521 g/mol.